The van der Waals surface area contributed by atoms with Crippen molar-refractivity contribution in [3.63, 3.8) is 0 Å². The lowest BCUT2D eigenvalue weighted by molar-refractivity contribution is -0.144. The molecule has 0 spiro atoms. The quantitative estimate of drug-likeness (QED) is 0.395. The Hall–Kier alpha value is -0.740. The summed E-state index contributed by atoms with van der Waals surface area (Å²) in [5.41, 5.74) is 0. The molecule has 0 aliphatic carbocycles. The van der Waals surface area contributed by atoms with Crippen LogP contribution in [-0.2, 0) is 9.53 Å². The van der Waals surface area contributed by atoms with E-state index in [9.17, 15) is 4.79 Å². The molecule has 0 aromatic carbocycles. The van der Waals surface area contributed by atoms with Gasteiger partial charge in [-0.15, -0.1) is 0 Å². The summed E-state index contributed by atoms with van der Waals surface area (Å²) < 4.78 is 4.41. The Kier molecular flexibility index (Phi) is 2.59. The molecule has 0 bridgehead atoms. The van der Waals surface area contributed by atoms with Gasteiger partial charge in [0, 0.05) is 6.20 Å². The van der Waals surface area contributed by atoms with Crippen molar-refractivity contribution in [2.45, 2.75) is 5.12 Å². The predicted octanol–water partition coefficient (Wildman–Crippen LogP) is 0.806. The number of esters is 1. The molecular weight excluding hydrogens is 203 g/mol. The van der Waals surface area contributed by atoms with Gasteiger partial charge in [-0.25, -0.2) is 9.79 Å². The smallest absolute Gasteiger partial charge is 0.371 e. The second kappa shape index (κ2) is 3.33. The molecule has 12 heavy (non-hydrogen) atoms. The van der Waals surface area contributed by atoms with Crippen LogP contribution in [0.25, 0.3) is 0 Å². The van der Waals surface area contributed by atoms with Crippen molar-refractivity contribution in [1.82, 2.24) is 5.32 Å². The van der Waals surface area contributed by atoms with Crippen LogP contribution in [0.3, 0.4) is 0 Å². The van der Waals surface area contributed by atoms with Gasteiger partial charge in [0.05, 0.1) is 7.11 Å². The molecule has 1 aliphatic heterocycles. The van der Waals surface area contributed by atoms with Crippen LogP contribution in [0.1, 0.15) is 0 Å². The number of carbonyl (C=O) groups is 1. The van der Waals surface area contributed by atoms with Crippen molar-refractivity contribution >= 4 is 34.3 Å². The fourth-order valence-electron chi connectivity index (χ4n) is 0.677. The van der Waals surface area contributed by atoms with E-state index < -0.39 is 11.1 Å². The van der Waals surface area contributed by atoms with E-state index in [4.69, 9.17) is 23.2 Å². The van der Waals surface area contributed by atoms with Gasteiger partial charge in [-0.3, -0.25) is 0 Å². The highest BCUT2D eigenvalue weighted by Crippen LogP contribution is 2.19. The summed E-state index contributed by atoms with van der Waals surface area (Å²) in [6.07, 6.45) is 2.91. The van der Waals surface area contributed by atoms with Crippen LogP contribution in [0.2, 0.25) is 0 Å². The third-order valence-electron chi connectivity index (χ3n) is 1.21. The molecule has 1 rings (SSSR count). The van der Waals surface area contributed by atoms with Crippen LogP contribution in [0, 0.1) is 0 Å². The number of rotatable bonds is 1. The minimum atomic E-state index is -1.61. The van der Waals surface area contributed by atoms with Gasteiger partial charge in [-0.05, 0) is 6.08 Å². The molecule has 0 amide bonds. The fraction of sp³-hybridized carbons (Fsp3) is 0.333. The Bertz CT molecular complexity index is 264. The van der Waals surface area contributed by atoms with Gasteiger partial charge < -0.3 is 10.1 Å². The number of allylic oxidation sites excluding steroid dienone is 1. The van der Waals surface area contributed by atoms with Gasteiger partial charge in [-0.1, -0.05) is 23.2 Å². The van der Waals surface area contributed by atoms with E-state index in [1.807, 2.05) is 0 Å². The third-order valence-corrected chi connectivity index (χ3v) is 1.77. The average Bonchev–Trinajstić information content (AvgIpc) is 2.02. The second-order valence-electron chi connectivity index (χ2n) is 2.03. The van der Waals surface area contributed by atoms with Crippen molar-refractivity contribution in [1.29, 1.82) is 0 Å². The van der Waals surface area contributed by atoms with Crippen LogP contribution < -0.4 is 5.32 Å². The highest BCUT2D eigenvalue weighted by atomic mass is 35.5. The maximum Gasteiger partial charge on any atom is 0.371 e. The summed E-state index contributed by atoms with van der Waals surface area (Å²) in [7, 11) is 1.22. The van der Waals surface area contributed by atoms with E-state index in [0.29, 0.717) is 0 Å². The molecule has 1 heterocycles. The first-order chi connectivity index (χ1) is 5.58. The maximum absolute atomic E-state index is 11.0. The zero-order chi connectivity index (χ0) is 9.19. The molecule has 1 unspecified atom stereocenters. The Morgan fingerprint density at radius 2 is 2.50 bits per heavy atom. The Balaban J connectivity index is 2.87. The summed E-state index contributed by atoms with van der Waals surface area (Å²) in [6, 6.07) is 0. The molecule has 0 radical (unpaired) electrons. The summed E-state index contributed by atoms with van der Waals surface area (Å²) in [5, 5.41) is 1.05. The number of nitrogens with zero attached hydrogens (tertiary/aromatic N) is 1. The van der Waals surface area contributed by atoms with Crippen molar-refractivity contribution in [3.05, 3.63) is 12.3 Å². The van der Waals surface area contributed by atoms with Crippen molar-refractivity contribution in [2.75, 3.05) is 7.11 Å². The number of carbonyl (C=O) groups excluding carboxylic acids is 1. The minimum absolute atomic E-state index is 0.147. The van der Waals surface area contributed by atoms with Crippen LogP contribution in [0.15, 0.2) is 17.3 Å². The highest BCUT2D eigenvalue weighted by molar-refractivity contribution is 6.69. The van der Waals surface area contributed by atoms with Gasteiger partial charge in [0.1, 0.15) is 5.17 Å². The highest BCUT2D eigenvalue weighted by Gasteiger charge is 2.37. The fourth-order valence-corrected chi connectivity index (χ4v) is 1.14. The van der Waals surface area contributed by atoms with E-state index in [1.165, 1.54) is 19.4 Å². The van der Waals surface area contributed by atoms with Crippen molar-refractivity contribution in [2.24, 2.45) is 4.99 Å². The average molecular weight is 209 g/mol. The first-order valence-corrected chi connectivity index (χ1v) is 3.81. The second-order valence-corrected chi connectivity index (χ2v) is 2.96. The standard InChI is InChI=1S/C6H6Cl2N2O2/c1-12-5(11)6(8)9-3-2-4(7)10-6/h2-3,9H,1H3. The Labute approximate surface area is 79.2 Å². The van der Waals surface area contributed by atoms with Gasteiger partial charge in [0.15, 0.2) is 0 Å². The zero-order valence-corrected chi connectivity index (χ0v) is 7.69. The molecule has 0 fully saturated rings. The third kappa shape index (κ3) is 1.70. The summed E-state index contributed by atoms with van der Waals surface area (Å²) in [4.78, 5) is 14.7. The number of ether oxygens (including phenoxy) is 1. The van der Waals surface area contributed by atoms with E-state index in [0.717, 1.165) is 0 Å². The SMILES string of the molecule is COC(=O)C1(Cl)N=C(Cl)C=CN1. The maximum atomic E-state index is 11.0. The molecule has 0 saturated carbocycles. The lowest BCUT2D eigenvalue weighted by Gasteiger charge is -2.22. The first kappa shape index (κ1) is 9.35. The van der Waals surface area contributed by atoms with Crippen LogP contribution >= 0.6 is 23.2 Å². The number of alkyl halides is 1. The number of nitrogens with one attached hydrogen (secondary N) is 1. The molecule has 1 aliphatic rings. The minimum Gasteiger partial charge on any atom is -0.465 e. The molecular formula is C6H6Cl2N2O2. The van der Waals surface area contributed by atoms with Gasteiger partial charge in [0.2, 0.25) is 0 Å². The summed E-state index contributed by atoms with van der Waals surface area (Å²) in [5.74, 6) is -0.702. The van der Waals surface area contributed by atoms with Gasteiger partial charge in [0.25, 0.3) is 0 Å². The van der Waals surface area contributed by atoms with Crippen molar-refractivity contribution in [3.8, 4) is 0 Å². The zero-order valence-electron chi connectivity index (χ0n) is 6.17. The van der Waals surface area contributed by atoms with Crippen LogP contribution in [0.4, 0.5) is 0 Å². The molecule has 1 atom stereocenters. The van der Waals surface area contributed by atoms with E-state index in [-0.39, 0.29) is 5.17 Å². The first-order valence-electron chi connectivity index (χ1n) is 3.05. The van der Waals surface area contributed by atoms with Gasteiger partial charge in [-0.2, -0.15) is 0 Å². The number of aliphatic imine (C=N–C) groups is 1. The molecule has 0 aromatic rings. The van der Waals surface area contributed by atoms with Crippen LogP contribution in [0.5, 0.6) is 0 Å². The Morgan fingerprint density at radius 3 is 3.00 bits per heavy atom. The molecule has 1 N–H and O–H groups in total. The number of hydrogen-bond donors (Lipinski definition) is 1. The van der Waals surface area contributed by atoms with E-state index in [1.54, 1.807) is 0 Å². The normalized spacial score (nSPS) is 27.4. The molecule has 6 heteroatoms. The molecule has 66 valence electrons. The van der Waals surface area contributed by atoms with Crippen LogP contribution in [-0.4, -0.2) is 23.4 Å². The summed E-state index contributed by atoms with van der Waals surface area (Å²) >= 11 is 11.2. The van der Waals surface area contributed by atoms with Crippen molar-refractivity contribution < 1.29 is 9.53 Å². The topological polar surface area (TPSA) is 50.7 Å². The number of methoxy groups -OCH3 is 1. The lowest BCUT2D eigenvalue weighted by Crippen LogP contribution is -2.45. The lowest BCUT2D eigenvalue weighted by atomic mass is 10.4. The summed E-state index contributed by atoms with van der Waals surface area (Å²) in [6.45, 7) is 0. The number of halogens is 2. The van der Waals surface area contributed by atoms with E-state index >= 15 is 0 Å². The predicted molar refractivity (Wildman–Crippen MR) is 46.2 cm³/mol. The Morgan fingerprint density at radius 1 is 1.83 bits per heavy atom. The van der Waals surface area contributed by atoms with E-state index in [2.05, 4.69) is 15.0 Å². The molecule has 0 saturated heterocycles. The largest absolute Gasteiger partial charge is 0.465 e. The van der Waals surface area contributed by atoms with Gasteiger partial charge >= 0.3 is 11.1 Å². The monoisotopic (exact) mass is 208 g/mol. The molecule has 0 aromatic heterocycles. The molecule has 4 nitrogen and oxygen atoms in total. The number of hydrogen-bond acceptors (Lipinski definition) is 4.